The molecule has 3 unspecified atom stereocenters. The maximum absolute atomic E-state index is 13.3. The Balaban J connectivity index is 1.93. The third-order valence-corrected chi connectivity index (χ3v) is 4.63. The number of benzene rings is 1. The van der Waals surface area contributed by atoms with E-state index in [2.05, 4.69) is 0 Å². The van der Waals surface area contributed by atoms with Gasteiger partial charge in [0, 0.05) is 5.56 Å². The van der Waals surface area contributed by atoms with Gasteiger partial charge in [-0.3, -0.25) is 4.79 Å². The van der Waals surface area contributed by atoms with Crippen molar-refractivity contribution in [1.29, 1.82) is 0 Å². The van der Waals surface area contributed by atoms with E-state index in [1.54, 1.807) is 18.2 Å². The van der Waals surface area contributed by atoms with Gasteiger partial charge in [-0.15, -0.1) is 0 Å². The highest BCUT2D eigenvalue weighted by Crippen LogP contribution is 2.63. The highest BCUT2D eigenvalue weighted by atomic mass is 19.4. The Morgan fingerprint density at radius 1 is 1.27 bits per heavy atom. The first kappa shape index (κ1) is 15.0. The number of carbonyl (C=O) groups is 1. The summed E-state index contributed by atoms with van der Waals surface area (Å²) in [6.07, 6.45) is -4.43. The van der Waals surface area contributed by atoms with Crippen molar-refractivity contribution >= 4 is 5.91 Å². The lowest BCUT2D eigenvalue weighted by molar-refractivity contribution is -0.221. The van der Waals surface area contributed by atoms with Gasteiger partial charge in [0.25, 0.3) is 0 Å². The molecule has 0 saturated heterocycles. The van der Waals surface area contributed by atoms with Crippen molar-refractivity contribution in [1.82, 2.24) is 0 Å². The Morgan fingerprint density at radius 2 is 1.95 bits per heavy atom. The van der Waals surface area contributed by atoms with Crippen molar-refractivity contribution in [2.45, 2.75) is 25.4 Å². The zero-order valence-corrected chi connectivity index (χ0v) is 11.9. The molecular formula is C15H16F3NO3. The number of halogens is 3. The minimum atomic E-state index is -4.68. The van der Waals surface area contributed by atoms with Crippen LogP contribution in [-0.2, 0) is 4.79 Å². The zero-order valence-electron chi connectivity index (χ0n) is 11.9. The van der Waals surface area contributed by atoms with Crippen LogP contribution < -0.4 is 15.2 Å². The van der Waals surface area contributed by atoms with Gasteiger partial charge >= 0.3 is 6.18 Å². The number of hydrogen-bond acceptors (Lipinski definition) is 3. The Bertz CT molecular complexity index is 617. The number of alkyl halides is 3. The summed E-state index contributed by atoms with van der Waals surface area (Å²) in [5.74, 6) is -1.61. The summed E-state index contributed by atoms with van der Waals surface area (Å²) in [7, 11) is 0. The summed E-state index contributed by atoms with van der Waals surface area (Å²) >= 11 is 0. The molecule has 22 heavy (non-hydrogen) atoms. The van der Waals surface area contributed by atoms with Gasteiger partial charge in [0.15, 0.2) is 11.5 Å². The Morgan fingerprint density at radius 3 is 2.59 bits per heavy atom. The number of hydrogen-bond donors (Lipinski definition) is 1. The SMILES string of the molecule is CC(C(N)=O)(C1CC1c1cccc2c1OCCO2)C(F)(F)F. The van der Waals surface area contributed by atoms with Crippen LogP contribution in [0, 0.1) is 11.3 Å². The molecule has 0 radical (unpaired) electrons. The molecule has 1 saturated carbocycles. The number of ether oxygens (including phenoxy) is 2. The van der Waals surface area contributed by atoms with Gasteiger partial charge < -0.3 is 15.2 Å². The van der Waals surface area contributed by atoms with E-state index in [9.17, 15) is 18.0 Å². The lowest BCUT2D eigenvalue weighted by Gasteiger charge is -2.29. The van der Waals surface area contributed by atoms with Crippen LogP contribution in [0.1, 0.15) is 24.8 Å². The Hall–Kier alpha value is -1.92. The molecule has 1 fully saturated rings. The highest BCUT2D eigenvalue weighted by molar-refractivity contribution is 5.82. The standard InChI is InChI=1S/C15H16F3NO3/c1-14(13(19)20,15(16,17)18)10-7-9(10)8-3-2-4-11-12(8)22-6-5-21-11/h2-4,9-10H,5-7H2,1H3,(H2,19,20). The largest absolute Gasteiger partial charge is 0.486 e. The van der Waals surface area contributed by atoms with Crippen molar-refractivity contribution in [3.05, 3.63) is 23.8 Å². The monoisotopic (exact) mass is 315 g/mol. The maximum atomic E-state index is 13.3. The second kappa shape index (κ2) is 4.79. The van der Waals surface area contributed by atoms with Gasteiger partial charge in [-0.05, 0) is 31.2 Å². The van der Waals surface area contributed by atoms with Crippen LogP contribution in [0.5, 0.6) is 11.5 Å². The van der Waals surface area contributed by atoms with Gasteiger partial charge in [-0.25, -0.2) is 0 Å². The predicted octanol–water partition coefficient (Wildman–Crippen LogP) is 2.62. The molecule has 1 amide bonds. The van der Waals surface area contributed by atoms with Crippen molar-refractivity contribution in [2.75, 3.05) is 13.2 Å². The fraction of sp³-hybridized carbons (Fsp3) is 0.533. The van der Waals surface area contributed by atoms with Crippen LogP contribution in [0.3, 0.4) is 0 Å². The summed E-state index contributed by atoms with van der Waals surface area (Å²) in [5, 5.41) is 0. The van der Waals surface area contributed by atoms with Crippen LogP contribution >= 0.6 is 0 Å². The molecule has 2 N–H and O–H groups in total. The molecule has 3 rings (SSSR count). The molecule has 1 aliphatic carbocycles. The van der Waals surface area contributed by atoms with Crippen molar-refractivity contribution in [3.8, 4) is 11.5 Å². The number of primary amides is 1. The highest BCUT2D eigenvalue weighted by Gasteiger charge is 2.67. The van der Waals surface area contributed by atoms with Crippen LogP contribution in [-0.4, -0.2) is 25.3 Å². The summed E-state index contributed by atoms with van der Waals surface area (Å²) in [6.45, 7) is 1.65. The molecule has 120 valence electrons. The quantitative estimate of drug-likeness (QED) is 0.932. The maximum Gasteiger partial charge on any atom is 0.403 e. The summed E-state index contributed by atoms with van der Waals surface area (Å²) in [6, 6.07) is 5.15. The number of nitrogens with two attached hydrogens (primary N) is 1. The molecule has 4 nitrogen and oxygen atoms in total. The summed E-state index contributed by atoms with van der Waals surface area (Å²) in [4.78, 5) is 11.5. The van der Waals surface area contributed by atoms with Gasteiger partial charge in [0.1, 0.15) is 18.6 Å². The van der Waals surface area contributed by atoms with Gasteiger partial charge in [0.05, 0.1) is 0 Å². The van der Waals surface area contributed by atoms with Gasteiger partial charge in [0.2, 0.25) is 5.91 Å². The summed E-state index contributed by atoms with van der Waals surface area (Å²) < 4.78 is 50.9. The lowest BCUT2D eigenvalue weighted by Crippen LogP contribution is -2.48. The van der Waals surface area contributed by atoms with Crippen molar-refractivity contribution < 1.29 is 27.4 Å². The van der Waals surface area contributed by atoms with E-state index in [1.165, 1.54) is 0 Å². The number of fused-ring (bicyclic) bond motifs is 1. The second-order valence-electron chi connectivity index (χ2n) is 5.88. The molecular weight excluding hydrogens is 299 g/mol. The predicted molar refractivity (Wildman–Crippen MR) is 71.6 cm³/mol. The molecule has 0 bridgehead atoms. The van der Waals surface area contributed by atoms with E-state index >= 15 is 0 Å². The van der Waals surface area contributed by atoms with E-state index in [0.717, 1.165) is 6.92 Å². The molecule has 1 heterocycles. The molecule has 0 aromatic heterocycles. The molecule has 1 aromatic rings. The van der Waals surface area contributed by atoms with Crippen molar-refractivity contribution in [2.24, 2.45) is 17.1 Å². The van der Waals surface area contributed by atoms with E-state index in [0.29, 0.717) is 30.3 Å². The third-order valence-electron chi connectivity index (χ3n) is 4.63. The molecule has 2 aliphatic rings. The van der Waals surface area contributed by atoms with Crippen LogP contribution in [0.2, 0.25) is 0 Å². The Kier molecular flexibility index (Phi) is 3.27. The number of amides is 1. The normalized spacial score (nSPS) is 26.2. The third kappa shape index (κ3) is 2.10. The first-order valence-electron chi connectivity index (χ1n) is 7.02. The fourth-order valence-electron chi connectivity index (χ4n) is 3.10. The van der Waals surface area contributed by atoms with E-state index in [1.807, 2.05) is 0 Å². The van der Waals surface area contributed by atoms with E-state index in [4.69, 9.17) is 15.2 Å². The van der Waals surface area contributed by atoms with Crippen molar-refractivity contribution in [3.63, 3.8) is 0 Å². The Labute approximate surface area is 125 Å². The molecule has 3 atom stereocenters. The smallest absolute Gasteiger partial charge is 0.403 e. The average molecular weight is 315 g/mol. The summed E-state index contributed by atoms with van der Waals surface area (Å²) in [5.41, 5.74) is 3.18. The van der Waals surface area contributed by atoms with Gasteiger partial charge in [-0.2, -0.15) is 13.2 Å². The molecule has 0 spiro atoms. The number of para-hydroxylation sites is 1. The minimum Gasteiger partial charge on any atom is -0.486 e. The second-order valence-corrected chi connectivity index (χ2v) is 5.88. The van der Waals surface area contributed by atoms with Gasteiger partial charge in [-0.1, -0.05) is 12.1 Å². The lowest BCUT2D eigenvalue weighted by atomic mass is 9.81. The van der Waals surface area contributed by atoms with Crippen LogP contribution in [0.4, 0.5) is 13.2 Å². The minimum absolute atomic E-state index is 0.249. The number of rotatable bonds is 3. The zero-order chi connectivity index (χ0) is 16.1. The average Bonchev–Trinajstić information content (AvgIpc) is 3.25. The molecule has 1 aromatic carbocycles. The van der Waals surface area contributed by atoms with E-state index in [-0.39, 0.29) is 6.42 Å². The van der Waals surface area contributed by atoms with E-state index < -0.39 is 29.3 Å². The first-order valence-corrected chi connectivity index (χ1v) is 7.02. The fourth-order valence-corrected chi connectivity index (χ4v) is 3.10. The van der Waals surface area contributed by atoms with Crippen LogP contribution in [0.25, 0.3) is 0 Å². The molecule has 7 heteroatoms. The first-order chi connectivity index (χ1) is 10.3. The number of carbonyl (C=O) groups excluding carboxylic acids is 1. The topological polar surface area (TPSA) is 61.6 Å². The molecule has 1 aliphatic heterocycles. The van der Waals surface area contributed by atoms with Crippen LogP contribution in [0.15, 0.2) is 18.2 Å².